The number of carbonyl (C=O) groups excluding carboxylic acids is 3. The van der Waals surface area contributed by atoms with Crippen molar-refractivity contribution in [1.29, 1.82) is 0 Å². The summed E-state index contributed by atoms with van der Waals surface area (Å²) < 4.78 is 16.7. The number of hydrogen-bond donors (Lipinski definition) is 0. The summed E-state index contributed by atoms with van der Waals surface area (Å²) in [7, 11) is 0. The molecule has 0 saturated heterocycles. The molecule has 0 aliphatic heterocycles. The van der Waals surface area contributed by atoms with Gasteiger partial charge < -0.3 is 14.2 Å². The van der Waals surface area contributed by atoms with Gasteiger partial charge in [-0.3, -0.25) is 14.4 Å². The smallest absolute Gasteiger partial charge is 0.306 e. The normalized spacial score (nSPS) is 12.6. The fraction of sp³-hybridized carbons (Fsp3) is 0.737. The summed E-state index contributed by atoms with van der Waals surface area (Å²) in [6.45, 7) is 6.42. The van der Waals surface area contributed by atoms with Crippen LogP contribution in [0.15, 0.2) is 72.9 Å². The molecule has 1 atom stereocenters. The SMILES string of the molecule is CC/C=C\C/C=C\C/C=C\C/C=C\CCC(=O)OCC(COC(=O)CCCCCCCCCCCCCCCCCCCC)OC(=O)CCCCCCC/C=C\C/C=C\CCCC. The van der Waals surface area contributed by atoms with Gasteiger partial charge in [0.05, 0.1) is 0 Å². The first-order chi connectivity index (χ1) is 31.0. The quantitative estimate of drug-likeness (QED) is 0.0262. The van der Waals surface area contributed by atoms with E-state index in [2.05, 4.69) is 81.5 Å². The second-order valence-electron chi connectivity index (χ2n) is 17.4. The number of hydrogen-bond acceptors (Lipinski definition) is 6. The zero-order valence-corrected chi connectivity index (χ0v) is 41.3. The van der Waals surface area contributed by atoms with E-state index in [1.54, 1.807) is 0 Å². The Hall–Kier alpha value is -3.15. The van der Waals surface area contributed by atoms with Crippen LogP contribution in [0.4, 0.5) is 0 Å². The van der Waals surface area contributed by atoms with Crippen LogP contribution in [0.25, 0.3) is 0 Å². The van der Waals surface area contributed by atoms with E-state index < -0.39 is 6.10 Å². The van der Waals surface area contributed by atoms with Crippen LogP contribution in [-0.4, -0.2) is 37.2 Å². The third-order valence-electron chi connectivity index (χ3n) is 11.2. The largest absolute Gasteiger partial charge is 0.462 e. The number of rotatable bonds is 47. The zero-order chi connectivity index (χ0) is 45.8. The van der Waals surface area contributed by atoms with E-state index in [0.29, 0.717) is 19.3 Å². The van der Waals surface area contributed by atoms with E-state index in [1.807, 2.05) is 12.2 Å². The molecule has 0 aromatic rings. The molecule has 0 spiro atoms. The van der Waals surface area contributed by atoms with Crippen molar-refractivity contribution in [2.24, 2.45) is 0 Å². The maximum Gasteiger partial charge on any atom is 0.306 e. The lowest BCUT2D eigenvalue weighted by Crippen LogP contribution is -2.30. The van der Waals surface area contributed by atoms with Crippen LogP contribution in [0.1, 0.15) is 252 Å². The van der Waals surface area contributed by atoms with Crippen molar-refractivity contribution in [3.8, 4) is 0 Å². The van der Waals surface area contributed by atoms with E-state index in [0.717, 1.165) is 89.9 Å². The van der Waals surface area contributed by atoms with E-state index >= 15 is 0 Å². The number of carbonyl (C=O) groups is 3. The average Bonchev–Trinajstić information content (AvgIpc) is 3.28. The van der Waals surface area contributed by atoms with Crippen molar-refractivity contribution < 1.29 is 28.6 Å². The maximum absolute atomic E-state index is 12.8. The van der Waals surface area contributed by atoms with Crippen LogP contribution >= 0.6 is 0 Å². The van der Waals surface area contributed by atoms with Crippen LogP contribution in [0, 0.1) is 0 Å². The minimum atomic E-state index is -0.809. The lowest BCUT2D eigenvalue weighted by Gasteiger charge is -2.18. The van der Waals surface area contributed by atoms with Gasteiger partial charge >= 0.3 is 17.9 Å². The summed E-state index contributed by atoms with van der Waals surface area (Å²) in [5.74, 6) is -0.997. The topological polar surface area (TPSA) is 78.9 Å². The molecule has 6 nitrogen and oxygen atoms in total. The molecule has 0 fully saturated rings. The van der Waals surface area contributed by atoms with Crippen molar-refractivity contribution >= 4 is 17.9 Å². The van der Waals surface area contributed by atoms with Gasteiger partial charge in [0.1, 0.15) is 13.2 Å². The Morgan fingerprint density at radius 1 is 0.333 bits per heavy atom. The highest BCUT2D eigenvalue weighted by atomic mass is 16.6. The van der Waals surface area contributed by atoms with Gasteiger partial charge in [-0.05, 0) is 70.6 Å². The molecule has 0 radical (unpaired) electrons. The molecule has 0 amide bonds. The van der Waals surface area contributed by atoms with Crippen LogP contribution in [-0.2, 0) is 28.6 Å². The summed E-state index contributed by atoms with van der Waals surface area (Å²) in [6, 6.07) is 0. The van der Waals surface area contributed by atoms with Crippen LogP contribution in [0.2, 0.25) is 0 Å². The summed E-state index contributed by atoms with van der Waals surface area (Å²) in [4.78, 5) is 37.9. The van der Waals surface area contributed by atoms with Crippen molar-refractivity contribution in [3.63, 3.8) is 0 Å². The second kappa shape index (κ2) is 51.5. The molecule has 362 valence electrons. The highest BCUT2D eigenvalue weighted by Gasteiger charge is 2.19. The molecule has 0 N–H and O–H groups in total. The third-order valence-corrected chi connectivity index (χ3v) is 11.2. The molecular weight excluding hydrogens is 781 g/mol. The van der Waals surface area contributed by atoms with Gasteiger partial charge in [0.2, 0.25) is 0 Å². The first-order valence-corrected chi connectivity index (χ1v) is 26.4. The minimum Gasteiger partial charge on any atom is -0.462 e. The van der Waals surface area contributed by atoms with Crippen molar-refractivity contribution in [2.75, 3.05) is 13.2 Å². The molecule has 0 aromatic carbocycles. The minimum absolute atomic E-state index is 0.101. The summed E-state index contributed by atoms with van der Waals surface area (Å²) >= 11 is 0. The van der Waals surface area contributed by atoms with E-state index in [9.17, 15) is 14.4 Å². The Labute approximate surface area is 389 Å². The number of ether oxygens (including phenoxy) is 3. The lowest BCUT2D eigenvalue weighted by atomic mass is 10.0. The van der Waals surface area contributed by atoms with Crippen molar-refractivity contribution in [1.82, 2.24) is 0 Å². The first kappa shape index (κ1) is 59.9. The van der Waals surface area contributed by atoms with Gasteiger partial charge in [0.15, 0.2) is 6.10 Å². The Bertz CT molecular complexity index is 1190. The first-order valence-electron chi connectivity index (χ1n) is 26.4. The van der Waals surface area contributed by atoms with Gasteiger partial charge in [-0.1, -0.05) is 235 Å². The van der Waals surface area contributed by atoms with Gasteiger partial charge in [-0.25, -0.2) is 0 Å². The van der Waals surface area contributed by atoms with Crippen LogP contribution < -0.4 is 0 Å². The monoisotopic (exact) mass is 879 g/mol. The van der Waals surface area contributed by atoms with Gasteiger partial charge in [-0.15, -0.1) is 0 Å². The molecule has 0 bridgehead atoms. The Balaban J connectivity index is 4.42. The average molecular weight is 879 g/mol. The molecule has 0 saturated carbocycles. The van der Waals surface area contributed by atoms with Crippen LogP contribution in [0.5, 0.6) is 0 Å². The fourth-order valence-corrected chi connectivity index (χ4v) is 7.24. The van der Waals surface area contributed by atoms with Gasteiger partial charge in [-0.2, -0.15) is 0 Å². The Morgan fingerprint density at radius 3 is 1.11 bits per heavy atom. The van der Waals surface area contributed by atoms with E-state index in [1.165, 1.54) is 116 Å². The molecule has 63 heavy (non-hydrogen) atoms. The molecule has 0 aliphatic rings. The lowest BCUT2D eigenvalue weighted by molar-refractivity contribution is -0.166. The molecule has 0 heterocycles. The molecule has 0 aliphatic carbocycles. The highest BCUT2D eigenvalue weighted by molar-refractivity contribution is 5.71. The van der Waals surface area contributed by atoms with Crippen LogP contribution in [0.3, 0.4) is 0 Å². The number of unbranched alkanes of at least 4 members (excludes halogenated alkanes) is 24. The van der Waals surface area contributed by atoms with Gasteiger partial charge in [0, 0.05) is 19.3 Å². The maximum atomic E-state index is 12.8. The number of esters is 3. The standard InChI is InChI=1S/C57H98O6/c1-4-7-10-13-16-19-22-25-27-28-29-30-33-35-38-41-44-47-50-56(59)62-53-54(52-61-55(58)49-46-43-40-37-34-31-24-21-18-15-12-9-6-3)63-57(60)51-48-45-42-39-36-32-26-23-20-17-14-11-8-5-2/h9,12,14,17-18,21,23,26,31,34,40,43,54H,4-8,10-11,13,15-16,19-20,22,24-25,27-30,32-33,35-39,41-42,44-53H2,1-3H3/b12-9-,17-14-,21-18-,26-23-,34-31-,43-40-. The van der Waals surface area contributed by atoms with Gasteiger partial charge in [0.25, 0.3) is 0 Å². The van der Waals surface area contributed by atoms with Crippen molar-refractivity contribution in [2.45, 2.75) is 258 Å². The summed E-state index contributed by atoms with van der Waals surface area (Å²) in [5.41, 5.74) is 0. The fourth-order valence-electron chi connectivity index (χ4n) is 7.24. The Kier molecular flexibility index (Phi) is 48.9. The molecule has 0 aromatic heterocycles. The molecule has 6 heteroatoms. The predicted molar refractivity (Wildman–Crippen MR) is 270 cm³/mol. The van der Waals surface area contributed by atoms with Crippen molar-refractivity contribution in [3.05, 3.63) is 72.9 Å². The third kappa shape index (κ3) is 49.7. The molecule has 0 rings (SSSR count). The molecule has 1 unspecified atom stereocenters. The predicted octanol–water partition coefficient (Wildman–Crippen LogP) is 17.4. The summed E-state index contributed by atoms with van der Waals surface area (Å²) in [5, 5.41) is 0. The Morgan fingerprint density at radius 2 is 0.667 bits per heavy atom. The second-order valence-corrected chi connectivity index (χ2v) is 17.4. The van der Waals surface area contributed by atoms with E-state index in [-0.39, 0.29) is 37.5 Å². The number of allylic oxidation sites excluding steroid dienone is 12. The highest BCUT2D eigenvalue weighted by Crippen LogP contribution is 2.15. The molecular formula is C57H98O6. The van der Waals surface area contributed by atoms with E-state index in [4.69, 9.17) is 14.2 Å². The summed E-state index contributed by atoms with van der Waals surface area (Å²) in [6.07, 6.45) is 64.7. The zero-order valence-electron chi connectivity index (χ0n) is 41.3.